The number of aliphatic hydroxyl groups excluding tert-OH is 6. The van der Waals surface area contributed by atoms with Crippen molar-refractivity contribution in [1.29, 1.82) is 0 Å². The molecule has 0 aromatic rings. The van der Waals surface area contributed by atoms with Gasteiger partial charge in [-0.05, 0) is 0 Å². The second-order valence-corrected chi connectivity index (χ2v) is 2.71. The van der Waals surface area contributed by atoms with Crippen molar-refractivity contribution in [2.45, 2.75) is 24.4 Å². The van der Waals surface area contributed by atoms with Gasteiger partial charge >= 0.3 is 0 Å². The minimum absolute atomic E-state index is 0.0258. The molecule has 0 rings (SSSR count). The van der Waals surface area contributed by atoms with Gasteiger partial charge in [0.2, 0.25) is 0 Å². The number of carbonyl (C=O) groups excluding carboxylic acids is 2. The Kier molecular flexibility index (Phi) is 11.6. The fourth-order valence-electron chi connectivity index (χ4n) is 0.618. The molecule has 4 atom stereocenters. The fourth-order valence-corrected chi connectivity index (χ4v) is 0.618. The highest BCUT2D eigenvalue weighted by Crippen LogP contribution is 2.02. The molecule has 0 aromatic carbocycles. The molecule has 0 unspecified atom stereocenters. The van der Waals surface area contributed by atoms with Gasteiger partial charge in [0.1, 0.15) is 30.7 Å². The van der Waals surface area contributed by atoms with Crippen LogP contribution in [0.3, 0.4) is 0 Å². The van der Waals surface area contributed by atoms with Crippen LogP contribution in [0.1, 0.15) is 0 Å². The van der Waals surface area contributed by atoms with Crippen LogP contribution in [0.2, 0.25) is 0 Å². The molecule has 8 heteroatoms. The lowest BCUT2D eigenvalue weighted by molar-refractivity contribution is -0.136. The third kappa shape index (κ3) is 7.40. The molecule has 0 aliphatic rings. The van der Waals surface area contributed by atoms with Crippen LogP contribution in [0.15, 0.2) is 0 Å². The Morgan fingerprint density at radius 3 is 1.62 bits per heavy atom. The van der Waals surface area contributed by atoms with Crippen LogP contribution in [-0.4, -0.2) is 80.8 Å². The molecule has 0 spiro atoms. The monoisotopic (exact) mass is 240 g/mol. The number of carbonyl (C=O) groups is 2. The lowest BCUT2D eigenvalue weighted by atomic mass is 10.0. The van der Waals surface area contributed by atoms with Crippen LogP contribution in [0.5, 0.6) is 0 Å². The van der Waals surface area contributed by atoms with Gasteiger partial charge in [-0.2, -0.15) is 0 Å². The molecule has 0 bridgehead atoms. The molecule has 0 aromatic heterocycles. The zero-order valence-corrected chi connectivity index (χ0v) is 8.38. The fraction of sp³-hybridized carbons (Fsp3) is 0.750. The van der Waals surface area contributed by atoms with Crippen LogP contribution < -0.4 is 0 Å². The van der Waals surface area contributed by atoms with Crippen molar-refractivity contribution < 1.29 is 40.2 Å². The first kappa shape index (κ1) is 17.5. The molecule has 0 saturated heterocycles. The van der Waals surface area contributed by atoms with E-state index in [1.165, 1.54) is 0 Å². The summed E-state index contributed by atoms with van der Waals surface area (Å²) >= 11 is 0. The predicted octanol–water partition coefficient (Wildman–Crippen LogP) is -4.20. The summed E-state index contributed by atoms with van der Waals surface area (Å²) in [6.07, 6.45) is -6.41. The summed E-state index contributed by atoms with van der Waals surface area (Å²) in [6, 6.07) is 0. The van der Waals surface area contributed by atoms with Gasteiger partial charge in [0.25, 0.3) is 0 Å². The lowest BCUT2D eigenvalue weighted by Crippen LogP contribution is -2.46. The summed E-state index contributed by atoms with van der Waals surface area (Å²) in [5, 5.41) is 51.0. The summed E-state index contributed by atoms with van der Waals surface area (Å²) < 4.78 is 0. The maximum atomic E-state index is 9.90. The average molecular weight is 240 g/mol. The van der Waals surface area contributed by atoms with Gasteiger partial charge < -0.3 is 40.2 Å². The quantitative estimate of drug-likeness (QED) is 0.255. The van der Waals surface area contributed by atoms with Gasteiger partial charge in [-0.15, -0.1) is 0 Å². The Balaban J connectivity index is 0. The summed E-state index contributed by atoms with van der Waals surface area (Å²) in [7, 11) is 0. The Labute approximate surface area is 91.4 Å². The third-order valence-electron chi connectivity index (χ3n) is 1.50. The van der Waals surface area contributed by atoms with E-state index < -0.39 is 31.0 Å². The minimum Gasteiger partial charge on any atom is -0.394 e. The third-order valence-corrected chi connectivity index (χ3v) is 1.50. The van der Waals surface area contributed by atoms with Crippen molar-refractivity contribution in [3.63, 3.8) is 0 Å². The SMILES string of the molecule is O=CCO.O=C[C@H](O)[C@@H](O)[C@H](O)[C@H](O)CO. The molecule has 0 heterocycles. The number of rotatable bonds is 6. The Morgan fingerprint density at radius 1 is 0.938 bits per heavy atom. The van der Waals surface area contributed by atoms with Crippen molar-refractivity contribution in [3.8, 4) is 0 Å². The first-order chi connectivity index (χ1) is 7.45. The van der Waals surface area contributed by atoms with Gasteiger partial charge in [-0.3, -0.25) is 0 Å². The maximum Gasteiger partial charge on any atom is 0.151 e. The highest BCUT2D eigenvalue weighted by molar-refractivity contribution is 5.56. The molecule has 96 valence electrons. The maximum absolute atomic E-state index is 9.90. The van der Waals surface area contributed by atoms with Crippen molar-refractivity contribution in [2.75, 3.05) is 13.2 Å². The molecule has 6 N–H and O–H groups in total. The molecular weight excluding hydrogens is 224 g/mol. The minimum atomic E-state index is -1.79. The largest absolute Gasteiger partial charge is 0.394 e. The number of aliphatic hydroxyl groups is 6. The van der Waals surface area contributed by atoms with Crippen LogP contribution in [0.4, 0.5) is 0 Å². The first-order valence-corrected chi connectivity index (χ1v) is 4.29. The lowest BCUT2D eigenvalue weighted by Gasteiger charge is -2.22. The zero-order valence-electron chi connectivity index (χ0n) is 8.38. The van der Waals surface area contributed by atoms with E-state index in [9.17, 15) is 4.79 Å². The second kappa shape index (κ2) is 10.6. The predicted molar refractivity (Wildman–Crippen MR) is 50.3 cm³/mol. The van der Waals surface area contributed by atoms with E-state index in [2.05, 4.69) is 0 Å². The molecular formula is C8H16O8. The van der Waals surface area contributed by atoms with E-state index >= 15 is 0 Å². The number of aldehydes is 2. The smallest absolute Gasteiger partial charge is 0.151 e. The molecule has 16 heavy (non-hydrogen) atoms. The average Bonchev–Trinajstić information content (AvgIpc) is 2.34. The first-order valence-electron chi connectivity index (χ1n) is 4.29. The van der Waals surface area contributed by atoms with Crippen LogP contribution in [0, 0.1) is 0 Å². The van der Waals surface area contributed by atoms with Gasteiger partial charge in [-0.25, -0.2) is 0 Å². The highest BCUT2D eigenvalue weighted by Gasteiger charge is 2.29. The summed E-state index contributed by atoms with van der Waals surface area (Å²) in [6.45, 7) is -1.12. The molecule has 0 radical (unpaired) electrons. The topological polar surface area (TPSA) is 156 Å². The Morgan fingerprint density at radius 2 is 1.38 bits per heavy atom. The van der Waals surface area contributed by atoms with Gasteiger partial charge in [0, 0.05) is 0 Å². The van der Waals surface area contributed by atoms with E-state index in [0.29, 0.717) is 6.29 Å². The van der Waals surface area contributed by atoms with Gasteiger partial charge in [0.05, 0.1) is 13.2 Å². The number of hydrogen-bond acceptors (Lipinski definition) is 8. The van der Waals surface area contributed by atoms with Crippen molar-refractivity contribution >= 4 is 12.6 Å². The van der Waals surface area contributed by atoms with E-state index in [1.54, 1.807) is 0 Å². The number of hydrogen-bond donors (Lipinski definition) is 6. The van der Waals surface area contributed by atoms with Crippen molar-refractivity contribution in [3.05, 3.63) is 0 Å². The van der Waals surface area contributed by atoms with Crippen LogP contribution >= 0.6 is 0 Å². The summed E-state index contributed by atoms with van der Waals surface area (Å²) in [5.74, 6) is 0. The standard InChI is InChI=1S/C6H12O6.C2H4O2/c7-1-3(9)5(11)6(12)4(10)2-8;3-1-2-4/h1,3-6,8-12H,2H2;1,4H,2H2/t3-,4+,5+,6+;/m0./s1. The van der Waals surface area contributed by atoms with Crippen LogP contribution in [0.25, 0.3) is 0 Å². The van der Waals surface area contributed by atoms with Crippen molar-refractivity contribution in [2.24, 2.45) is 0 Å². The van der Waals surface area contributed by atoms with E-state index in [4.69, 9.17) is 35.4 Å². The highest BCUT2D eigenvalue weighted by atomic mass is 16.4. The molecule has 0 saturated carbocycles. The summed E-state index contributed by atoms with van der Waals surface area (Å²) in [5.41, 5.74) is 0. The molecule has 0 fully saturated rings. The molecule has 0 aliphatic heterocycles. The van der Waals surface area contributed by atoms with Gasteiger partial charge in [-0.1, -0.05) is 0 Å². The normalized spacial score (nSPS) is 17.4. The van der Waals surface area contributed by atoms with Crippen LogP contribution in [-0.2, 0) is 9.59 Å². The van der Waals surface area contributed by atoms with E-state index in [1.807, 2.05) is 0 Å². The van der Waals surface area contributed by atoms with Gasteiger partial charge in [0.15, 0.2) is 6.29 Å². The molecule has 0 amide bonds. The van der Waals surface area contributed by atoms with E-state index in [-0.39, 0.29) is 12.9 Å². The van der Waals surface area contributed by atoms with Crippen molar-refractivity contribution in [1.82, 2.24) is 0 Å². The van der Waals surface area contributed by atoms with E-state index in [0.717, 1.165) is 0 Å². The Hall–Kier alpha value is -0.900. The Bertz CT molecular complexity index is 185. The molecule has 0 aliphatic carbocycles. The summed E-state index contributed by atoms with van der Waals surface area (Å²) in [4.78, 5) is 18.8. The molecule has 8 nitrogen and oxygen atoms in total. The zero-order chi connectivity index (χ0) is 13.1. The second-order valence-electron chi connectivity index (χ2n) is 2.71.